The van der Waals surface area contributed by atoms with Crippen LogP contribution in [-0.4, -0.2) is 67.2 Å². The van der Waals surface area contributed by atoms with Crippen molar-refractivity contribution in [2.45, 2.75) is 51.5 Å². The third-order valence-corrected chi connectivity index (χ3v) is 5.22. The number of carbonyl (C=O) groups is 1. The Hall–Kier alpha value is -1.43. The second-order valence-corrected chi connectivity index (χ2v) is 7.53. The van der Waals surface area contributed by atoms with Gasteiger partial charge in [0.05, 0.1) is 12.2 Å². The molecule has 1 amide bonds. The number of amides is 1. The van der Waals surface area contributed by atoms with E-state index in [0.29, 0.717) is 6.04 Å². The van der Waals surface area contributed by atoms with Crippen molar-refractivity contribution in [1.29, 1.82) is 0 Å². The number of rotatable bonds is 4. The van der Waals surface area contributed by atoms with Crippen LogP contribution in [0, 0.1) is 0 Å². The lowest BCUT2D eigenvalue weighted by Crippen LogP contribution is -2.47. The van der Waals surface area contributed by atoms with Crippen molar-refractivity contribution in [1.82, 2.24) is 15.1 Å². The molecule has 2 heterocycles. The number of hydrogen-bond donors (Lipinski definition) is 1. The Labute approximate surface area is 151 Å². The van der Waals surface area contributed by atoms with E-state index < -0.39 is 0 Å². The molecule has 1 aromatic rings. The highest BCUT2D eigenvalue weighted by atomic mass is 16.5. The summed E-state index contributed by atoms with van der Waals surface area (Å²) in [6, 6.07) is 8.57. The Morgan fingerprint density at radius 1 is 1.16 bits per heavy atom. The standard InChI is InChI=1S/C20H31N3O2/c1-15-11-22(12-16(2)25-15)13-17-6-8-18(9-7-17)20(24)23-10-4-5-19(14-23)21-3/h6-9,15-16,19,21H,4-5,10-14H2,1-3H3. The van der Waals surface area contributed by atoms with Crippen molar-refractivity contribution in [2.75, 3.05) is 33.2 Å². The van der Waals surface area contributed by atoms with Gasteiger partial charge >= 0.3 is 0 Å². The highest BCUT2D eigenvalue weighted by Crippen LogP contribution is 2.17. The number of benzene rings is 1. The first kappa shape index (κ1) is 18.4. The van der Waals surface area contributed by atoms with Crippen LogP contribution >= 0.6 is 0 Å². The molecule has 3 atom stereocenters. The molecule has 0 radical (unpaired) electrons. The van der Waals surface area contributed by atoms with Crippen molar-refractivity contribution in [2.24, 2.45) is 0 Å². The van der Waals surface area contributed by atoms with Crippen molar-refractivity contribution in [3.8, 4) is 0 Å². The average molecular weight is 345 g/mol. The highest BCUT2D eigenvalue weighted by Gasteiger charge is 2.24. The maximum atomic E-state index is 12.7. The van der Waals surface area contributed by atoms with E-state index in [0.717, 1.165) is 51.1 Å². The molecule has 2 aliphatic heterocycles. The van der Waals surface area contributed by atoms with Crippen molar-refractivity contribution in [3.63, 3.8) is 0 Å². The number of carbonyl (C=O) groups excluding carboxylic acids is 1. The van der Waals surface area contributed by atoms with Gasteiger partial charge in [0.1, 0.15) is 0 Å². The van der Waals surface area contributed by atoms with Crippen LogP contribution in [0.1, 0.15) is 42.6 Å². The number of likely N-dealkylation sites (N-methyl/N-ethyl adjacent to an activating group) is 1. The second-order valence-electron chi connectivity index (χ2n) is 7.53. The zero-order valence-electron chi connectivity index (χ0n) is 15.7. The van der Waals surface area contributed by atoms with Crippen molar-refractivity contribution >= 4 is 5.91 Å². The lowest BCUT2D eigenvalue weighted by atomic mass is 10.0. The minimum atomic E-state index is 0.153. The fourth-order valence-electron chi connectivity index (χ4n) is 4.00. The first-order valence-corrected chi connectivity index (χ1v) is 9.48. The topological polar surface area (TPSA) is 44.8 Å². The number of ether oxygens (including phenoxy) is 1. The summed E-state index contributed by atoms with van der Waals surface area (Å²) < 4.78 is 5.79. The predicted molar refractivity (Wildman–Crippen MR) is 99.7 cm³/mol. The van der Waals surface area contributed by atoms with Gasteiger partial charge in [-0.15, -0.1) is 0 Å². The van der Waals surface area contributed by atoms with E-state index in [2.05, 4.69) is 36.2 Å². The van der Waals surface area contributed by atoms with Crippen LogP contribution < -0.4 is 5.32 Å². The molecular weight excluding hydrogens is 314 g/mol. The molecule has 2 saturated heterocycles. The molecule has 0 saturated carbocycles. The lowest BCUT2D eigenvalue weighted by Gasteiger charge is -2.35. The molecule has 0 bridgehead atoms. The molecule has 5 heteroatoms. The molecule has 0 aromatic heterocycles. The van der Waals surface area contributed by atoms with E-state index in [1.165, 1.54) is 5.56 Å². The smallest absolute Gasteiger partial charge is 0.253 e. The fourth-order valence-corrected chi connectivity index (χ4v) is 4.00. The molecule has 0 aliphatic carbocycles. The number of nitrogens with one attached hydrogen (secondary N) is 1. The third kappa shape index (κ3) is 4.81. The first-order chi connectivity index (χ1) is 12.0. The Morgan fingerprint density at radius 3 is 2.48 bits per heavy atom. The van der Waals surface area contributed by atoms with E-state index >= 15 is 0 Å². The fraction of sp³-hybridized carbons (Fsp3) is 0.650. The summed E-state index contributed by atoms with van der Waals surface area (Å²) in [6.07, 6.45) is 2.78. The molecule has 1 N–H and O–H groups in total. The van der Waals surface area contributed by atoms with Crippen LogP contribution in [0.4, 0.5) is 0 Å². The van der Waals surface area contributed by atoms with Gasteiger partial charge in [-0.2, -0.15) is 0 Å². The minimum absolute atomic E-state index is 0.153. The third-order valence-electron chi connectivity index (χ3n) is 5.22. The zero-order chi connectivity index (χ0) is 17.8. The van der Waals surface area contributed by atoms with Crippen LogP contribution in [0.15, 0.2) is 24.3 Å². The van der Waals surface area contributed by atoms with Crippen LogP contribution in [0.2, 0.25) is 0 Å². The van der Waals surface area contributed by atoms with Crippen LogP contribution in [0.25, 0.3) is 0 Å². The van der Waals surface area contributed by atoms with E-state index in [9.17, 15) is 4.79 Å². The molecule has 25 heavy (non-hydrogen) atoms. The van der Waals surface area contributed by atoms with Crippen LogP contribution in [0.3, 0.4) is 0 Å². The molecule has 3 unspecified atom stereocenters. The van der Waals surface area contributed by atoms with Gasteiger partial charge < -0.3 is 15.0 Å². The molecule has 1 aromatic carbocycles. The molecule has 2 fully saturated rings. The minimum Gasteiger partial charge on any atom is -0.373 e. The molecule has 138 valence electrons. The molecular formula is C20H31N3O2. The number of morpholine rings is 1. The van der Waals surface area contributed by atoms with Gasteiger partial charge in [0.25, 0.3) is 5.91 Å². The molecule has 3 rings (SSSR count). The largest absolute Gasteiger partial charge is 0.373 e. The average Bonchev–Trinajstić information content (AvgIpc) is 2.61. The quantitative estimate of drug-likeness (QED) is 0.908. The van der Waals surface area contributed by atoms with Gasteiger partial charge in [0.15, 0.2) is 0 Å². The molecule has 0 spiro atoms. The van der Waals surface area contributed by atoms with Gasteiger partial charge in [-0.25, -0.2) is 0 Å². The summed E-state index contributed by atoms with van der Waals surface area (Å²) >= 11 is 0. The molecule has 2 aliphatic rings. The summed E-state index contributed by atoms with van der Waals surface area (Å²) in [5, 5.41) is 3.29. The van der Waals surface area contributed by atoms with Gasteiger partial charge in [-0.1, -0.05) is 12.1 Å². The van der Waals surface area contributed by atoms with E-state index in [4.69, 9.17) is 4.74 Å². The van der Waals surface area contributed by atoms with E-state index in [1.54, 1.807) is 0 Å². The Kier molecular flexibility index (Phi) is 6.10. The summed E-state index contributed by atoms with van der Waals surface area (Å²) in [7, 11) is 1.97. The first-order valence-electron chi connectivity index (χ1n) is 9.48. The van der Waals surface area contributed by atoms with Gasteiger partial charge in [0, 0.05) is 44.3 Å². The van der Waals surface area contributed by atoms with Crippen LogP contribution in [0.5, 0.6) is 0 Å². The SMILES string of the molecule is CNC1CCCN(C(=O)c2ccc(CN3CC(C)OC(C)C3)cc2)C1. The summed E-state index contributed by atoms with van der Waals surface area (Å²) in [4.78, 5) is 17.1. The monoisotopic (exact) mass is 345 g/mol. The van der Waals surface area contributed by atoms with Crippen molar-refractivity contribution in [3.05, 3.63) is 35.4 Å². The number of piperidine rings is 1. The molecule has 5 nitrogen and oxygen atoms in total. The van der Waals surface area contributed by atoms with Gasteiger partial charge in [-0.3, -0.25) is 9.69 Å². The number of nitrogens with zero attached hydrogens (tertiary/aromatic N) is 2. The summed E-state index contributed by atoms with van der Waals surface area (Å²) in [5.74, 6) is 0.153. The Morgan fingerprint density at radius 2 is 1.84 bits per heavy atom. The maximum absolute atomic E-state index is 12.7. The van der Waals surface area contributed by atoms with Crippen molar-refractivity contribution < 1.29 is 9.53 Å². The number of likely N-dealkylation sites (tertiary alicyclic amines) is 1. The highest BCUT2D eigenvalue weighted by molar-refractivity contribution is 5.94. The summed E-state index contributed by atoms with van der Waals surface area (Å²) in [6.45, 7) is 8.76. The van der Waals surface area contributed by atoms with E-state index in [-0.39, 0.29) is 18.1 Å². The zero-order valence-corrected chi connectivity index (χ0v) is 15.7. The predicted octanol–water partition coefficient (Wildman–Crippen LogP) is 2.12. The van der Waals surface area contributed by atoms with Gasteiger partial charge in [0.2, 0.25) is 0 Å². The number of hydrogen-bond acceptors (Lipinski definition) is 4. The normalized spacial score (nSPS) is 28.1. The maximum Gasteiger partial charge on any atom is 0.253 e. The summed E-state index contributed by atoms with van der Waals surface area (Å²) in [5.41, 5.74) is 2.05. The van der Waals surface area contributed by atoms with Crippen LogP contribution in [-0.2, 0) is 11.3 Å². The Bertz CT molecular complexity index is 565. The Balaban J connectivity index is 1.59. The van der Waals surface area contributed by atoms with Gasteiger partial charge in [-0.05, 0) is 51.4 Å². The van der Waals surface area contributed by atoms with E-state index in [1.807, 2.05) is 24.1 Å². The lowest BCUT2D eigenvalue weighted by molar-refractivity contribution is -0.0704. The second kappa shape index (κ2) is 8.30.